The maximum absolute atomic E-state index is 10.1. The number of hydrogen-bond acceptors (Lipinski definition) is 3. The SMILES string of the molecule is Cc1nn(C)cc1C(C)NC1CCCCCC1O. The average molecular weight is 251 g/mol. The van der Waals surface area contributed by atoms with Gasteiger partial charge >= 0.3 is 0 Å². The predicted octanol–water partition coefficient (Wildman–Crippen LogP) is 2.07. The van der Waals surface area contributed by atoms with Crippen LogP contribution in [0.3, 0.4) is 0 Å². The molecular weight excluding hydrogens is 226 g/mol. The fraction of sp³-hybridized carbons (Fsp3) is 0.786. The minimum atomic E-state index is -0.202. The van der Waals surface area contributed by atoms with Crippen LogP contribution < -0.4 is 5.32 Å². The van der Waals surface area contributed by atoms with E-state index in [-0.39, 0.29) is 18.2 Å². The highest BCUT2D eigenvalue weighted by Crippen LogP contribution is 2.22. The zero-order valence-electron chi connectivity index (χ0n) is 11.7. The van der Waals surface area contributed by atoms with Crippen LogP contribution in [0, 0.1) is 6.92 Å². The van der Waals surface area contributed by atoms with Gasteiger partial charge in [-0.2, -0.15) is 5.10 Å². The molecule has 102 valence electrons. The minimum absolute atomic E-state index is 0.202. The second kappa shape index (κ2) is 5.85. The van der Waals surface area contributed by atoms with Crippen molar-refractivity contribution in [2.45, 2.75) is 64.1 Å². The van der Waals surface area contributed by atoms with Crippen LogP contribution in [-0.2, 0) is 7.05 Å². The second-order valence-corrected chi connectivity index (χ2v) is 5.54. The predicted molar refractivity (Wildman–Crippen MR) is 72.4 cm³/mol. The lowest BCUT2D eigenvalue weighted by Gasteiger charge is -2.25. The Labute approximate surface area is 109 Å². The van der Waals surface area contributed by atoms with Crippen LogP contribution in [-0.4, -0.2) is 27.0 Å². The molecule has 4 heteroatoms. The highest BCUT2D eigenvalue weighted by atomic mass is 16.3. The van der Waals surface area contributed by atoms with Gasteiger partial charge in [0, 0.05) is 30.9 Å². The molecule has 1 fully saturated rings. The van der Waals surface area contributed by atoms with Crippen LogP contribution in [0.25, 0.3) is 0 Å². The Balaban J connectivity index is 2.01. The zero-order valence-corrected chi connectivity index (χ0v) is 11.7. The molecular formula is C14H25N3O. The third-order valence-corrected chi connectivity index (χ3v) is 3.96. The Kier molecular flexibility index (Phi) is 4.40. The molecule has 18 heavy (non-hydrogen) atoms. The van der Waals surface area contributed by atoms with E-state index in [2.05, 4.69) is 23.5 Å². The number of aliphatic hydroxyl groups is 1. The molecule has 0 radical (unpaired) electrons. The molecule has 3 atom stereocenters. The molecule has 0 spiro atoms. The topological polar surface area (TPSA) is 50.1 Å². The van der Waals surface area contributed by atoms with Gasteiger partial charge < -0.3 is 10.4 Å². The normalized spacial score (nSPS) is 26.9. The summed E-state index contributed by atoms with van der Waals surface area (Å²) in [5, 5.41) is 18.1. The van der Waals surface area contributed by atoms with Crippen LogP contribution in [0.4, 0.5) is 0 Å². The lowest BCUT2D eigenvalue weighted by atomic mass is 10.0. The summed E-state index contributed by atoms with van der Waals surface area (Å²) in [6.45, 7) is 4.19. The van der Waals surface area contributed by atoms with Gasteiger partial charge in [-0.15, -0.1) is 0 Å². The van der Waals surface area contributed by atoms with E-state index >= 15 is 0 Å². The van der Waals surface area contributed by atoms with Gasteiger partial charge in [0.2, 0.25) is 0 Å². The third-order valence-electron chi connectivity index (χ3n) is 3.96. The summed E-state index contributed by atoms with van der Waals surface area (Å²) in [6.07, 6.45) is 7.48. The molecule has 0 saturated heterocycles. The average Bonchev–Trinajstić information content (AvgIpc) is 2.52. The quantitative estimate of drug-likeness (QED) is 0.809. The molecule has 4 nitrogen and oxygen atoms in total. The van der Waals surface area contributed by atoms with Crippen molar-refractivity contribution in [1.29, 1.82) is 0 Å². The largest absolute Gasteiger partial charge is 0.392 e. The molecule has 1 aromatic rings. The fourth-order valence-electron chi connectivity index (χ4n) is 2.94. The van der Waals surface area contributed by atoms with Crippen LogP contribution in [0.5, 0.6) is 0 Å². The monoisotopic (exact) mass is 251 g/mol. The lowest BCUT2D eigenvalue weighted by Crippen LogP contribution is -2.40. The van der Waals surface area contributed by atoms with E-state index in [1.54, 1.807) is 0 Å². The molecule has 0 bridgehead atoms. The van der Waals surface area contributed by atoms with E-state index in [4.69, 9.17) is 0 Å². The molecule has 2 N–H and O–H groups in total. The number of aromatic nitrogens is 2. The van der Waals surface area contributed by atoms with E-state index in [0.29, 0.717) is 0 Å². The van der Waals surface area contributed by atoms with Gasteiger partial charge in [0.1, 0.15) is 0 Å². The van der Waals surface area contributed by atoms with Gasteiger partial charge in [-0.3, -0.25) is 4.68 Å². The van der Waals surface area contributed by atoms with Gasteiger partial charge in [-0.25, -0.2) is 0 Å². The Bertz CT molecular complexity index is 388. The number of rotatable bonds is 3. The molecule has 3 unspecified atom stereocenters. The zero-order chi connectivity index (χ0) is 13.1. The summed E-state index contributed by atoms with van der Waals surface area (Å²) in [5.41, 5.74) is 2.30. The molecule has 2 rings (SSSR count). The lowest BCUT2D eigenvalue weighted by molar-refractivity contribution is 0.115. The Morgan fingerprint density at radius 1 is 1.39 bits per heavy atom. The minimum Gasteiger partial charge on any atom is -0.392 e. The van der Waals surface area contributed by atoms with Gasteiger partial charge in [0.25, 0.3) is 0 Å². The van der Waals surface area contributed by atoms with Gasteiger partial charge in [-0.05, 0) is 26.7 Å². The smallest absolute Gasteiger partial charge is 0.0693 e. The maximum atomic E-state index is 10.1. The van der Waals surface area contributed by atoms with Crippen molar-refractivity contribution in [1.82, 2.24) is 15.1 Å². The number of aliphatic hydroxyl groups excluding tert-OH is 1. The summed E-state index contributed by atoms with van der Waals surface area (Å²) in [7, 11) is 1.95. The molecule has 0 aliphatic heterocycles. The second-order valence-electron chi connectivity index (χ2n) is 5.54. The first kappa shape index (κ1) is 13.6. The Hall–Kier alpha value is -0.870. The van der Waals surface area contributed by atoms with E-state index in [1.807, 2.05) is 18.7 Å². The summed E-state index contributed by atoms with van der Waals surface area (Å²) in [4.78, 5) is 0. The van der Waals surface area contributed by atoms with E-state index in [9.17, 15) is 5.11 Å². The van der Waals surface area contributed by atoms with Gasteiger partial charge in [0.05, 0.1) is 11.8 Å². The van der Waals surface area contributed by atoms with Gasteiger partial charge in [0.15, 0.2) is 0 Å². The maximum Gasteiger partial charge on any atom is 0.0693 e. The molecule has 1 heterocycles. The molecule has 1 aliphatic carbocycles. The number of aryl methyl sites for hydroxylation is 2. The molecule has 1 aromatic heterocycles. The van der Waals surface area contributed by atoms with Crippen molar-refractivity contribution >= 4 is 0 Å². The molecule has 0 aromatic carbocycles. The first-order valence-electron chi connectivity index (χ1n) is 7.02. The molecule has 1 saturated carbocycles. The van der Waals surface area contributed by atoms with Crippen LogP contribution in [0.1, 0.15) is 56.3 Å². The van der Waals surface area contributed by atoms with Crippen LogP contribution in [0.15, 0.2) is 6.20 Å². The third kappa shape index (κ3) is 3.12. The van der Waals surface area contributed by atoms with Crippen molar-refractivity contribution in [2.24, 2.45) is 7.05 Å². The van der Waals surface area contributed by atoms with Crippen molar-refractivity contribution in [2.75, 3.05) is 0 Å². The van der Waals surface area contributed by atoms with E-state index < -0.39 is 0 Å². The van der Waals surface area contributed by atoms with Crippen LogP contribution >= 0.6 is 0 Å². The van der Waals surface area contributed by atoms with E-state index in [1.165, 1.54) is 18.4 Å². The summed E-state index contributed by atoms with van der Waals surface area (Å²) < 4.78 is 1.85. The van der Waals surface area contributed by atoms with Crippen molar-refractivity contribution < 1.29 is 5.11 Å². The Morgan fingerprint density at radius 3 is 2.78 bits per heavy atom. The first-order chi connectivity index (χ1) is 8.58. The van der Waals surface area contributed by atoms with Crippen LogP contribution in [0.2, 0.25) is 0 Å². The van der Waals surface area contributed by atoms with Crippen molar-refractivity contribution in [3.63, 3.8) is 0 Å². The number of hydrogen-bond donors (Lipinski definition) is 2. The summed E-state index contributed by atoms with van der Waals surface area (Å²) >= 11 is 0. The first-order valence-corrected chi connectivity index (χ1v) is 7.02. The number of nitrogens with one attached hydrogen (secondary N) is 1. The standard InChI is InChI=1S/C14H25N3O/c1-10(12-9-17(3)16-11(12)2)15-13-7-5-4-6-8-14(13)18/h9-10,13-15,18H,4-8H2,1-3H3. The van der Waals surface area contributed by atoms with Gasteiger partial charge in [-0.1, -0.05) is 19.3 Å². The highest BCUT2D eigenvalue weighted by molar-refractivity contribution is 5.19. The number of nitrogens with zero attached hydrogens (tertiary/aromatic N) is 2. The molecule has 0 amide bonds. The Morgan fingerprint density at radius 2 is 2.11 bits per heavy atom. The highest BCUT2D eigenvalue weighted by Gasteiger charge is 2.24. The van der Waals surface area contributed by atoms with E-state index in [0.717, 1.165) is 25.0 Å². The fourth-order valence-corrected chi connectivity index (χ4v) is 2.94. The molecule has 1 aliphatic rings. The van der Waals surface area contributed by atoms with Crippen molar-refractivity contribution in [3.8, 4) is 0 Å². The van der Waals surface area contributed by atoms with Crippen molar-refractivity contribution in [3.05, 3.63) is 17.5 Å². The summed E-state index contributed by atoms with van der Waals surface area (Å²) in [5.74, 6) is 0. The summed E-state index contributed by atoms with van der Waals surface area (Å²) in [6, 6.07) is 0.471.